The van der Waals surface area contributed by atoms with Crippen LogP contribution < -0.4 is 4.74 Å². The molecule has 3 aromatic carbocycles. The first kappa shape index (κ1) is 24.6. The first-order chi connectivity index (χ1) is 16.5. The Balaban J connectivity index is 1.70. The zero-order valence-corrected chi connectivity index (χ0v) is 19.9. The van der Waals surface area contributed by atoms with Gasteiger partial charge in [-0.25, -0.2) is 4.79 Å². The molecule has 6 heteroatoms. The molecule has 0 aliphatic rings. The molecule has 0 radical (unpaired) electrons. The summed E-state index contributed by atoms with van der Waals surface area (Å²) in [5.41, 5.74) is 5.86. The van der Waals surface area contributed by atoms with Crippen LogP contribution in [-0.4, -0.2) is 26.4 Å². The number of carbonyl (C=O) groups is 1. The lowest BCUT2D eigenvalue weighted by Gasteiger charge is -2.15. The molecule has 0 saturated carbocycles. The van der Waals surface area contributed by atoms with Crippen molar-refractivity contribution in [2.24, 2.45) is 5.16 Å². The van der Waals surface area contributed by atoms with E-state index in [1.165, 1.54) is 20.5 Å². The smallest absolute Gasteiger partial charge is 0.341 e. The summed E-state index contributed by atoms with van der Waals surface area (Å²) in [5.74, 6) is 0.282. The minimum Gasteiger partial charge on any atom is -0.503 e. The highest BCUT2D eigenvalue weighted by molar-refractivity contribution is 6.16. The van der Waals surface area contributed by atoms with Gasteiger partial charge in [-0.2, -0.15) is 0 Å². The monoisotopic (exact) mass is 459 g/mol. The molecule has 0 saturated heterocycles. The van der Waals surface area contributed by atoms with Crippen molar-refractivity contribution in [3.8, 4) is 5.75 Å². The Kier molecular flexibility index (Phi) is 8.86. The average molecular weight is 460 g/mol. The van der Waals surface area contributed by atoms with E-state index in [4.69, 9.17) is 19.0 Å². The number of oxime groups is 1. The molecule has 6 nitrogen and oxygen atoms in total. The fourth-order valence-corrected chi connectivity index (χ4v) is 3.40. The van der Waals surface area contributed by atoms with Crippen molar-refractivity contribution in [3.63, 3.8) is 0 Å². The summed E-state index contributed by atoms with van der Waals surface area (Å²) < 4.78 is 16.1. The molecule has 0 fully saturated rings. The maximum absolute atomic E-state index is 12.2. The topological polar surface area (TPSA) is 66.4 Å². The van der Waals surface area contributed by atoms with Gasteiger partial charge >= 0.3 is 5.97 Å². The Morgan fingerprint density at radius 2 is 1.65 bits per heavy atom. The highest BCUT2D eigenvalue weighted by Gasteiger charge is 2.17. The fraction of sp³-hybridized carbons (Fsp3) is 0.214. The third-order valence-electron chi connectivity index (χ3n) is 5.24. The SMILES string of the molecule is CO/C=C(/C(=O)OC)c1ccccc1COc1cc(C)c(/C=N/OCc2ccccc2)cc1C. The second-order valence-corrected chi connectivity index (χ2v) is 7.67. The van der Waals surface area contributed by atoms with E-state index in [0.717, 1.165) is 33.6 Å². The van der Waals surface area contributed by atoms with Crippen LogP contribution in [0.2, 0.25) is 0 Å². The Morgan fingerprint density at radius 3 is 2.38 bits per heavy atom. The van der Waals surface area contributed by atoms with Crippen molar-refractivity contribution in [2.75, 3.05) is 14.2 Å². The van der Waals surface area contributed by atoms with Crippen LogP contribution in [0, 0.1) is 13.8 Å². The molecule has 0 N–H and O–H groups in total. The van der Waals surface area contributed by atoms with Crippen LogP contribution in [0.25, 0.3) is 5.57 Å². The fourth-order valence-electron chi connectivity index (χ4n) is 3.40. The van der Waals surface area contributed by atoms with E-state index in [1.807, 2.05) is 80.6 Å². The van der Waals surface area contributed by atoms with Gasteiger partial charge in [0.15, 0.2) is 0 Å². The Labute approximate surface area is 200 Å². The Morgan fingerprint density at radius 1 is 0.912 bits per heavy atom. The lowest BCUT2D eigenvalue weighted by molar-refractivity contribution is -0.133. The van der Waals surface area contributed by atoms with Crippen LogP contribution in [0.3, 0.4) is 0 Å². The number of nitrogens with zero attached hydrogens (tertiary/aromatic N) is 1. The number of aryl methyl sites for hydroxylation is 2. The summed E-state index contributed by atoms with van der Waals surface area (Å²) in [7, 11) is 2.83. The number of benzene rings is 3. The van der Waals surface area contributed by atoms with E-state index in [9.17, 15) is 4.79 Å². The van der Waals surface area contributed by atoms with Gasteiger partial charge < -0.3 is 19.0 Å². The maximum atomic E-state index is 12.2. The number of hydrogen-bond acceptors (Lipinski definition) is 6. The van der Waals surface area contributed by atoms with Crippen molar-refractivity contribution in [1.29, 1.82) is 0 Å². The van der Waals surface area contributed by atoms with Crippen LogP contribution in [0.1, 0.15) is 33.4 Å². The Hall–Kier alpha value is -4.06. The third kappa shape index (κ3) is 6.48. The van der Waals surface area contributed by atoms with Crippen LogP contribution >= 0.6 is 0 Å². The molecule has 3 rings (SSSR count). The molecule has 176 valence electrons. The van der Waals surface area contributed by atoms with Crippen LogP contribution in [0.5, 0.6) is 5.75 Å². The molecule has 3 aromatic rings. The molecule has 0 aliphatic carbocycles. The zero-order valence-electron chi connectivity index (χ0n) is 19.9. The molecular formula is C28H29NO5. The molecular weight excluding hydrogens is 430 g/mol. The normalized spacial score (nSPS) is 11.4. The van der Waals surface area contributed by atoms with Crippen molar-refractivity contribution in [1.82, 2.24) is 0 Å². The number of hydrogen-bond donors (Lipinski definition) is 0. The molecule has 0 heterocycles. The number of methoxy groups -OCH3 is 2. The summed E-state index contributed by atoms with van der Waals surface area (Å²) in [6, 6.07) is 21.4. The van der Waals surface area contributed by atoms with Gasteiger partial charge in [-0.3, -0.25) is 0 Å². The van der Waals surface area contributed by atoms with Crippen molar-refractivity contribution < 1.29 is 23.8 Å². The van der Waals surface area contributed by atoms with Crippen LogP contribution in [0.4, 0.5) is 0 Å². The van der Waals surface area contributed by atoms with Crippen LogP contribution in [0.15, 0.2) is 78.1 Å². The third-order valence-corrected chi connectivity index (χ3v) is 5.24. The summed E-state index contributed by atoms with van der Waals surface area (Å²) in [4.78, 5) is 17.6. The second-order valence-electron chi connectivity index (χ2n) is 7.67. The predicted octanol–water partition coefficient (Wildman–Crippen LogP) is 5.59. The average Bonchev–Trinajstić information content (AvgIpc) is 2.86. The van der Waals surface area contributed by atoms with Gasteiger partial charge in [-0.1, -0.05) is 59.8 Å². The molecule has 0 atom stereocenters. The minimum atomic E-state index is -0.473. The van der Waals surface area contributed by atoms with Gasteiger partial charge in [0.25, 0.3) is 0 Å². The summed E-state index contributed by atoms with van der Waals surface area (Å²) in [5, 5.41) is 4.11. The van der Waals surface area contributed by atoms with E-state index in [2.05, 4.69) is 5.16 Å². The molecule has 34 heavy (non-hydrogen) atoms. The molecule has 0 bridgehead atoms. The standard InChI is InChI=1S/C28H29NO5/c1-20-15-27(21(2)14-24(20)16-29-34-17-22-10-6-5-7-11-22)33-18-23-12-8-9-13-25(23)26(19-31-3)28(30)32-4/h5-16,19H,17-18H2,1-4H3/b26-19+,29-16+. The number of esters is 1. The first-order valence-electron chi connectivity index (χ1n) is 10.9. The second kappa shape index (κ2) is 12.3. The molecule has 0 aliphatic heterocycles. The van der Waals surface area contributed by atoms with Gasteiger partial charge in [0.2, 0.25) is 0 Å². The van der Waals surface area contributed by atoms with Crippen LogP contribution in [-0.2, 0) is 32.3 Å². The van der Waals surface area contributed by atoms with Crippen molar-refractivity contribution in [3.05, 3.63) is 106 Å². The number of carbonyl (C=O) groups excluding carboxylic acids is 1. The zero-order chi connectivity index (χ0) is 24.3. The minimum absolute atomic E-state index is 0.280. The van der Waals surface area contributed by atoms with Gasteiger partial charge in [0.05, 0.1) is 26.7 Å². The van der Waals surface area contributed by atoms with E-state index < -0.39 is 5.97 Å². The number of rotatable bonds is 10. The molecule has 0 spiro atoms. The van der Waals surface area contributed by atoms with E-state index >= 15 is 0 Å². The Bertz CT molecular complexity index is 1170. The summed E-state index contributed by atoms with van der Waals surface area (Å²) in [6.45, 7) is 4.67. The van der Waals surface area contributed by atoms with Gasteiger partial charge in [-0.15, -0.1) is 0 Å². The number of ether oxygens (including phenoxy) is 3. The highest BCUT2D eigenvalue weighted by Crippen LogP contribution is 2.26. The highest BCUT2D eigenvalue weighted by atomic mass is 16.6. The van der Waals surface area contributed by atoms with Gasteiger partial charge in [-0.05, 0) is 59.4 Å². The quantitative estimate of drug-likeness (QED) is 0.130. The van der Waals surface area contributed by atoms with Crippen molar-refractivity contribution >= 4 is 17.8 Å². The summed E-state index contributed by atoms with van der Waals surface area (Å²) in [6.07, 6.45) is 3.09. The van der Waals surface area contributed by atoms with Crippen molar-refractivity contribution in [2.45, 2.75) is 27.1 Å². The van der Waals surface area contributed by atoms with Gasteiger partial charge in [0, 0.05) is 0 Å². The molecule has 0 amide bonds. The molecule has 0 unspecified atom stereocenters. The van der Waals surface area contributed by atoms with E-state index in [-0.39, 0.29) is 6.61 Å². The van der Waals surface area contributed by atoms with E-state index in [1.54, 1.807) is 6.21 Å². The summed E-state index contributed by atoms with van der Waals surface area (Å²) >= 11 is 0. The van der Waals surface area contributed by atoms with Gasteiger partial charge in [0.1, 0.15) is 24.5 Å². The largest absolute Gasteiger partial charge is 0.503 e. The first-order valence-corrected chi connectivity index (χ1v) is 10.9. The lowest BCUT2D eigenvalue weighted by atomic mass is 10.0. The maximum Gasteiger partial charge on any atom is 0.341 e. The van der Waals surface area contributed by atoms with E-state index in [0.29, 0.717) is 17.7 Å². The predicted molar refractivity (Wildman–Crippen MR) is 133 cm³/mol. The molecule has 0 aromatic heterocycles. The lowest BCUT2D eigenvalue weighted by Crippen LogP contribution is -2.08.